The molecule has 60 heavy (non-hydrogen) atoms. The van der Waals surface area contributed by atoms with Gasteiger partial charge in [-0.05, 0) is 116 Å². The van der Waals surface area contributed by atoms with Crippen LogP contribution < -0.4 is 10.6 Å². The Morgan fingerprint density at radius 1 is 0.900 bits per heavy atom. The molecule has 0 bridgehead atoms. The summed E-state index contributed by atoms with van der Waals surface area (Å²) in [5, 5.41) is 7.86. The summed E-state index contributed by atoms with van der Waals surface area (Å²) < 4.78 is 6.63. The molecule has 1 spiro atoms. The molecule has 9 heteroatoms. The van der Waals surface area contributed by atoms with Crippen molar-refractivity contribution in [2.75, 3.05) is 26.7 Å². The zero-order valence-corrected chi connectivity index (χ0v) is 38.0. The maximum absolute atomic E-state index is 4.96. The Morgan fingerprint density at radius 2 is 1.58 bits per heavy atom. The first kappa shape index (κ1) is 43.5. The van der Waals surface area contributed by atoms with E-state index in [1.54, 1.807) is 6.20 Å². The number of nitrogens with one attached hydrogen (secondary N) is 2. The van der Waals surface area contributed by atoms with Crippen molar-refractivity contribution >= 4 is 65.1 Å². The van der Waals surface area contributed by atoms with E-state index in [-0.39, 0.29) is 0 Å². The molecule has 0 radical (unpaired) electrons. The molecule has 5 heterocycles. The van der Waals surface area contributed by atoms with Gasteiger partial charge in [-0.2, -0.15) is 0 Å². The second kappa shape index (κ2) is 18.2. The second-order valence-corrected chi connectivity index (χ2v) is 23.6. The van der Waals surface area contributed by atoms with Crippen molar-refractivity contribution < 1.29 is 0 Å². The SMILES string of the molecule is C=C(NCc1ccc(S(=C)(=C)N2CCC3(CCC(C)(C(CCC)S(=C)(=C)C4C=CC(CNC)=CC4)CC3)C2)cc1)c1ccc2nccn2c1.C=Cc1ccc2nccn2c1. The normalized spacial score (nSPS) is 22.6. The molecule has 2 aliphatic carbocycles. The lowest BCUT2D eigenvalue weighted by Crippen LogP contribution is -2.42. The highest BCUT2D eigenvalue weighted by Gasteiger charge is 2.48. The van der Waals surface area contributed by atoms with Gasteiger partial charge in [0, 0.05) is 90.0 Å². The van der Waals surface area contributed by atoms with Gasteiger partial charge in [-0.15, -0.1) is 9.39 Å². The molecule has 1 aliphatic heterocycles. The molecule has 2 fully saturated rings. The number of aromatic nitrogens is 4. The van der Waals surface area contributed by atoms with E-state index >= 15 is 0 Å². The van der Waals surface area contributed by atoms with Gasteiger partial charge < -0.3 is 19.4 Å². The van der Waals surface area contributed by atoms with E-state index in [1.165, 1.54) is 61.0 Å². The molecular weight excluding hydrogens is 775 g/mol. The van der Waals surface area contributed by atoms with E-state index < -0.39 is 18.6 Å². The van der Waals surface area contributed by atoms with Crippen LogP contribution in [0.1, 0.15) is 81.9 Å². The first-order chi connectivity index (χ1) is 28.8. The summed E-state index contributed by atoms with van der Waals surface area (Å²) in [6.07, 6.45) is 30.5. The number of nitrogens with zero attached hydrogens (tertiary/aromatic N) is 5. The summed E-state index contributed by atoms with van der Waals surface area (Å²) in [7, 11) is -0.857. The minimum absolute atomic E-state index is 0.302. The predicted octanol–water partition coefficient (Wildman–Crippen LogP) is 10.6. The summed E-state index contributed by atoms with van der Waals surface area (Å²) in [4.78, 5) is 9.72. The molecule has 2 atom stereocenters. The Labute approximate surface area is 361 Å². The minimum atomic E-state index is -1.57. The van der Waals surface area contributed by atoms with Crippen molar-refractivity contribution in [3.05, 3.63) is 139 Å². The van der Waals surface area contributed by atoms with Crippen LogP contribution in [-0.4, -0.2) is 83.7 Å². The van der Waals surface area contributed by atoms with Crippen molar-refractivity contribution in [2.45, 2.75) is 87.2 Å². The topological polar surface area (TPSA) is 61.9 Å². The largest absolute Gasteiger partial charge is 0.381 e. The Morgan fingerprint density at radius 3 is 2.22 bits per heavy atom. The smallest absolute Gasteiger partial charge is 0.136 e. The lowest BCUT2D eigenvalue weighted by Gasteiger charge is -2.51. The summed E-state index contributed by atoms with van der Waals surface area (Å²) in [5.41, 5.74) is 8.27. The molecule has 318 valence electrons. The average Bonchev–Trinajstić information content (AvgIpc) is 4.04. The van der Waals surface area contributed by atoms with E-state index in [1.807, 2.05) is 64.9 Å². The molecule has 1 saturated carbocycles. The monoisotopic (exact) mass is 841 g/mol. The molecule has 4 aromatic heterocycles. The molecule has 5 aromatic rings. The highest BCUT2D eigenvalue weighted by atomic mass is 32.2. The van der Waals surface area contributed by atoms with Gasteiger partial charge >= 0.3 is 0 Å². The number of fused-ring (bicyclic) bond motifs is 2. The van der Waals surface area contributed by atoms with Gasteiger partial charge in [-0.25, -0.2) is 19.2 Å². The van der Waals surface area contributed by atoms with Gasteiger partial charge in [-0.1, -0.05) is 93.3 Å². The maximum atomic E-state index is 4.96. The first-order valence-corrected chi connectivity index (χ1v) is 25.6. The third-order valence-electron chi connectivity index (χ3n) is 13.6. The number of hydrogen-bond donors (Lipinski definition) is 2. The number of rotatable bonds is 14. The van der Waals surface area contributed by atoms with E-state index in [4.69, 9.17) is 23.5 Å². The van der Waals surface area contributed by atoms with Crippen molar-refractivity contribution in [1.29, 1.82) is 0 Å². The first-order valence-electron chi connectivity index (χ1n) is 21.5. The summed E-state index contributed by atoms with van der Waals surface area (Å²) in [5.74, 6) is 19.5. The number of allylic oxidation sites excluding steroid dienone is 1. The lowest BCUT2D eigenvalue weighted by molar-refractivity contribution is 0.0954. The fourth-order valence-corrected chi connectivity index (χ4v) is 15.0. The van der Waals surface area contributed by atoms with Gasteiger partial charge in [-0.3, -0.25) is 4.31 Å². The molecule has 1 saturated heterocycles. The fourth-order valence-electron chi connectivity index (χ4n) is 9.70. The van der Waals surface area contributed by atoms with E-state index in [0.717, 1.165) is 60.7 Å². The summed E-state index contributed by atoms with van der Waals surface area (Å²) in [6.45, 7) is 16.8. The van der Waals surface area contributed by atoms with Crippen molar-refractivity contribution in [3.63, 3.8) is 0 Å². The summed E-state index contributed by atoms with van der Waals surface area (Å²) in [6, 6.07) is 17.0. The molecule has 0 amide bonds. The van der Waals surface area contributed by atoms with Crippen LogP contribution in [0.25, 0.3) is 23.1 Å². The van der Waals surface area contributed by atoms with Crippen LogP contribution in [-0.2, 0) is 6.54 Å². The van der Waals surface area contributed by atoms with Gasteiger partial charge in [0.25, 0.3) is 0 Å². The Hall–Kier alpha value is -4.54. The number of hydrogen-bond acceptors (Lipinski definition) is 5. The summed E-state index contributed by atoms with van der Waals surface area (Å²) >= 11 is 0. The Kier molecular flexibility index (Phi) is 13.2. The minimum Gasteiger partial charge on any atom is -0.381 e. The third-order valence-corrected chi connectivity index (χ3v) is 19.6. The van der Waals surface area contributed by atoms with Crippen molar-refractivity contribution in [1.82, 2.24) is 33.7 Å². The number of likely N-dealkylation sites (N-methyl/N-ethyl adjacent to an activating group) is 1. The average molecular weight is 842 g/mol. The number of benzene rings is 1. The Bertz CT molecular complexity index is 2580. The molecule has 2 unspecified atom stereocenters. The van der Waals surface area contributed by atoms with Gasteiger partial charge in [0.2, 0.25) is 0 Å². The van der Waals surface area contributed by atoms with Gasteiger partial charge in [0.1, 0.15) is 11.3 Å². The second-order valence-electron chi connectivity index (χ2n) is 17.8. The highest BCUT2D eigenvalue weighted by Crippen LogP contribution is 2.59. The zero-order valence-electron chi connectivity index (χ0n) is 36.3. The van der Waals surface area contributed by atoms with E-state index in [0.29, 0.717) is 21.3 Å². The molecule has 1 aromatic carbocycles. The van der Waals surface area contributed by atoms with Crippen molar-refractivity contribution in [2.24, 2.45) is 10.8 Å². The zero-order chi connectivity index (χ0) is 42.5. The van der Waals surface area contributed by atoms with Crippen LogP contribution >= 0.6 is 18.6 Å². The van der Waals surface area contributed by atoms with E-state index in [9.17, 15) is 0 Å². The lowest BCUT2D eigenvalue weighted by atomic mass is 9.62. The molecular formula is C51H67N7S2. The standard InChI is InChI=1S/C42H59N5S2.C9H8N2/c1-9-10-39(48(5,6)37-16-11-34(12-17-37)29-43-4)41(3)21-23-42(24-22-41)25-27-47(32-42)49(7,8)38-18-13-35(14-19-38)30-45-33(2)36-15-20-40-44-26-28-46(40)31-36;1-2-8-3-4-9-10-5-6-11(9)7-8/h11-16,18-20,26,28,31,37,39,43,45H,2,5-10,17,21-25,27,29-30,32H2,1,3-4H3;2-7H,1H2. The van der Waals surface area contributed by atoms with Crippen LogP contribution in [0, 0.1) is 10.8 Å². The van der Waals surface area contributed by atoms with Gasteiger partial charge in [0.15, 0.2) is 0 Å². The van der Waals surface area contributed by atoms with Crippen molar-refractivity contribution in [3.8, 4) is 0 Å². The van der Waals surface area contributed by atoms with Crippen LogP contribution in [0.15, 0.2) is 128 Å². The fraction of sp³-hybridized carbons (Fsp3) is 0.373. The quantitative estimate of drug-likeness (QED) is 0.109. The predicted molar refractivity (Wildman–Crippen MR) is 268 cm³/mol. The van der Waals surface area contributed by atoms with Gasteiger partial charge in [0.05, 0.1) is 0 Å². The van der Waals surface area contributed by atoms with E-state index in [2.05, 4.69) is 107 Å². The molecule has 3 aliphatic rings. The number of imidazole rings is 2. The third kappa shape index (κ3) is 9.35. The molecule has 7 nitrogen and oxygen atoms in total. The van der Waals surface area contributed by atoms with Crippen LogP contribution in [0.5, 0.6) is 0 Å². The van der Waals surface area contributed by atoms with Crippen LogP contribution in [0.3, 0.4) is 0 Å². The molecule has 2 N–H and O–H groups in total. The highest BCUT2D eigenvalue weighted by molar-refractivity contribution is 8.28. The van der Waals surface area contributed by atoms with Crippen LogP contribution in [0.4, 0.5) is 0 Å². The Balaban J connectivity index is 0.000000425. The van der Waals surface area contributed by atoms with Crippen LogP contribution in [0.2, 0.25) is 0 Å². The maximum Gasteiger partial charge on any atom is 0.136 e. The molecule has 8 rings (SSSR count). The number of pyridine rings is 2.